The maximum Gasteiger partial charge on any atom is 0.226 e. The Morgan fingerprint density at radius 3 is 2.26 bits per heavy atom. The minimum absolute atomic E-state index is 0.0895. The maximum atomic E-state index is 11.9. The number of nitrogens with two attached hydrogens (primary N) is 1. The molecule has 2 N–H and O–H groups in total. The normalized spacial score (nSPS) is 12.5. The van der Waals surface area contributed by atoms with Crippen LogP contribution >= 0.6 is 0 Å². The number of benzene rings is 1. The maximum absolute atomic E-state index is 11.9. The molecule has 19 heavy (non-hydrogen) atoms. The zero-order chi connectivity index (χ0) is 14.4. The highest BCUT2D eigenvalue weighted by atomic mass is 16.2. The van der Waals surface area contributed by atoms with Gasteiger partial charge in [0.25, 0.3) is 0 Å². The third-order valence-electron chi connectivity index (χ3n) is 3.53. The van der Waals surface area contributed by atoms with Crippen LogP contribution in [0.3, 0.4) is 0 Å². The van der Waals surface area contributed by atoms with Gasteiger partial charge in [0.05, 0.1) is 0 Å². The first-order valence-corrected chi connectivity index (χ1v) is 6.99. The molecule has 0 spiro atoms. The minimum Gasteiger partial charge on any atom is -0.345 e. The van der Waals surface area contributed by atoms with Crippen LogP contribution in [0.5, 0.6) is 0 Å². The van der Waals surface area contributed by atoms with Gasteiger partial charge in [-0.2, -0.15) is 0 Å². The summed E-state index contributed by atoms with van der Waals surface area (Å²) >= 11 is 0. The topological polar surface area (TPSA) is 46.3 Å². The van der Waals surface area contributed by atoms with Crippen LogP contribution in [0.15, 0.2) is 24.3 Å². The van der Waals surface area contributed by atoms with Gasteiger partial charge in [-0.1, -0.05) is 45.0 Å². The molecule has 3 nitrogen and oxygen atoms in total. The van der Waals surface area contributed by atoms with E-state index in [-0.39, 0.29) is 11.8 Å². The highest BCUT2D eigenvalue weighted by Crippen LogP contribution is 2.15. The molecule has 0 bridgehead atoms. The number of nitrogens with zero attached hydrogens (tertiary/aromatic N) is 1. The number of likely N-dealkylation sites (N-methyl/N-ethyl adjacent to an activating group) is 1. The van der Waals surface area contributed by atoms with E-state index in [1.54, 1.807) is 4.90 Å². The van der Waals surface area contributed by atoms with Gasteiger partial charge in [-0.25, -0.2) is 0 Å². The zero-order valence-electron chi connectivity index (χ0n) is 12.5. The van der Waals surface area contributed by atoms with E-state index >= 15 is 0 Å². The zero-order valence-corrected chi connectivity index (χ0v) is 12.5. The molecule has 0 aromatic heterocycles. The molecule has 0 saturated carbocycles. The van der Waals surface area contributed by atoms with E-state index in [0.29, 0.717) is 12.5 Å². The predicted octanol–water partition coefficient (Wildman–Crippen LogP) is 2.41. The van der Waals surface area contributed by atoms with E-state index in [2.05, 4.69) is 38.1 Å². The number of hydrogen-bond acceptors (Lipinski definition) is 2. The third-order valence-corrected chi connectivity index (χ3v) is 3.53. The highest BCUT2D eigenvalue weighted by Gasteiger charge is 2.15. The lowest BCUT2D eigenvalue weighted by atomic mass is 10.0. The van der Waals surface area contributed by atoms with Crippen molar-refractivity contribution in [3.63, 3.8) is 0 Å². The summed E-state index contributed by atoms with van der Waals surface area (Å²) in [4.78, 5) is 13.7. The fraction of sp³-hybridized carbons (Fsp3) is 0.562. The van der Waals surface area contributed by atoms with Crippen LogP contribution in [0.2, 0.25) is 0 Å². The van der Waals surface area contributed by atoms with Gasteiger partial charge in [-0.15, -0.1) is 0 Å². The fourth-order valence-electron chi connectivity index (χ4n) is 1.95. The van der Waals surface area contributed by atoms with Crippen LogP contribution in [-0.4, -0.2) is 30.9 Å². The summed E-state index contributed by atoms with van der Waals surface area (Å²) in [5, 5.41) is 0. The molecule has 1 aromatic carbocycles. The Kier molecular flexibility index (Phi) is 6.03. The van der Waals surface area contributed by atoms with Crippen molar-refractivity contribution >= 4 is 5.91 Å². The molecule has 1 rings (SSSR count). The van der Waals surface area contributed by atoms with E-state index < -0.39 is 0 Å². The lowest BCUT2D eigenvalue weighted by Crippen LogP contribution is -2.36. The van der Waals surface area contributed by atoms with Crippen molar-refractivity contribution in [2.45, 2.75) is 33.1 Å². The number of carbonyl (C=O) groups excluding carboxylic acids is 1. The first kappa shape index (κ1) is 15.7. The molecule has 0 aliphatic rings. The average molecular weight is 262 g/mol. The van der Waals surface area contributed by atoms with E-state index in [1.807, 2.05) is 14.0 Å². The molecule has 0 aliphatic heterocycles. The number of carbonyl (C=O) groups is 1. The average Bonchev–Trinajstić information content (AvgIpc) is 2.43. The molecule has 0 fully saturated rings. The molecule has 1 aromatic rings. The summed E-state index contributed by atoms with van der Waals surface area (Å²) in [6.07, 6.45) is 0.887. The van der Waals surface area contributed by atoms with E-state index in [0.717, 1.165) is 13.0 Å². The van der Waals surface area contributed by atoms with E-state index in [9.17, 15) is 4.79 Å². The largest absolute Gasteiger partial charge is 0.345 e. The van der Waals surface area contributed by atoms with Crippen molar-refractivity contribution in [2.24, 2.45) is 11.7 Å². The Balaban J connectivity index is 2.50. The summed E-state index contributed by atoms with van der Waals surface area (Å²) < 4.78 is 0. The molecular weight excluding hydrogens is 236 g/mol. The number of amides is 1. The highest BCUT2D eigenvalue weighted by molar-refractivity contribution is 5.78. The monoisotopic (exact) mass is 262 g/mol. The Morgan fingerprint density at radius 2 is 1.79 bits per heavy atom. The summed E-state index contributed by atoms with van der Waals surface area (Å²) in [6, 6.07) is 8.65. The van der Waals surface area contributed by atoms with Gasteiger partial charge in [0.1, 0.15) is 0 Å². The lowest BCUT2D eigenvalue weighted by Gasteiger charge is -2.20. The molecular formula is C16H26N2O. The third kappa shape index (κ3) is 4.67. The van der Waals surface area contributed by atoms with Gasteiger partial charge >= 0.3 is 0 Å². The Hall–Kier alpha value is -1.35. The second-order valence-electron chi connectivity index (χ2n) is 5.54. The van der Waals surface area contributed by atoms with Crippen LogP contribution in [0.25, 0.3) is 0 Å². The van der Waals surface area contributed by atoms with Gasteiger partial charge in [0.15, 0.2) is 0 Å². The van der Waals surface area contributed by atoms with E-state index in [1.165, 1.54) is 11.1 Å². The molecule has 1 atom stereocenters. The minimum atomic E-state index is -0.0895. The van der Waals surface area contributed by atoms with Gasteiger partial charge in [-0.3, -0.25) is 4.79 Å². The van der Waals surface area contributed by atoms with Crippen molar-refractivity contribution < 1.29 is 4.79 Å². The van der Waals surface area contributed by atoms with Crippen LogP contribution in [0, 0.1) is 5.92 Å². The lowest BCUT2D eigenvalue weighted by molar-refractivity contribution is -0.133. The van der Waals surface area contributed by atoms with Crippen molar-refractivity contribution in [2.75, 3.05) is 20.1 Å². The SMILES string of the molecule is CC(CN)C(=O)N(C)CCc1ccc(C(C)C)cc1. The smallest absolute Gasteiger partial charge is 0.226 e. The molecule has 3 heteroatoms. The molecule has 1 unspecified atom stereocenters. The van der Waals surface area contributed by atoms with E-state index in [4.69, 9.17) is 5.73 Å². The Bertz CT molecular complexity index is 398. The summed E-state index contributed by atoms with van der Waals surface area (Å²) in [5.41, 5.74) is 8.14. The first-order valence-electron chi connectivity index (χ1n) is 6.99. The molecule has 0 saturated heterocycles. The Labute approximate surface area is 116 Å². The molecule has 0 heterocycles. The number of rotatable bonds is 6. The van der Waals surface area contributed by atoms with Crippen LogP contribution in [0.1, 0.15) is 37.8 Å². The quantitative estimate of drug-likeness (QED) is 0.855. The first-order chi connectivity index (χ1) is 8.95. The second-order valence-corrected chi connectivity index (χ2v) is 5.54. The summed E-state index contributed by atoms with van der Waals surface area (Å²) in [7, 11) is 1.84. The van der Waals surface area contributed by atoms with Crippen LogP contribution in [-0.2, 0) is 11.2 Å². The molecule has 1 amide bonds. The van der Waals surface area contributed by atoms with Gasteiger partial charge in [0, 0.05) is 26.1 Å². The van der Waals surface area contributed by atoms with Gasteiger partial charge in [0.2, 0.25) is 5.91 Å². The van der Waals surface area contributed by atoms with Crippen LogP contribution < -0.4 is 5.73 Å². The summed E-state index contributed by atoms with van der Waals surface area (Å²) in [6.45, 7) is 7.40. The van der Waals surface area contributed by atoms with Crippen molar-refractivity contribution in [3.05, 3.63) is 35.4 Å². The molecule has 0 radical (unpaired) electrons. The van der Waals surface area contributed by atoms with Crippen molar-refractivity contribution in [1.29, 1.82) is 0 Å². The second kappa shape index (κ2) is 7.29. The van der Waals surface area contributed by atoms with Gasteiger partial charge in [-0.05, 0) is 23.5 Å². The number of hydrogen-bond donors (Lipinski definition) is 1. The van der Waals surface area contributed by atoms with Crippen LogP contribution in [0.4, 0.5) is 0 Å². The van der Waals surface area contributed by atoms with Crippen molar-refractivity contribution in [1.82, 2.24) is 4.90 Å². The van der Waals surface area contributed by atoms with Crippen molar-refractivity contribution in [3.8, 4) is 0 Å². The summed E-state index contributed by atoms with van der Waals surface area (Å²) in [5.74, 6) is 0.596. The predicted molar refractivity (Wildman–Crippen MR) is 80.1 cm³/mol. The Morgan fingerprint density at radius 1 is 1.21 bits per heavy atom. The fourth-order valence-corrected chi connectivity index (χ4v) is 1.95. The standard InChI is InChI=1S/C16H26N2O/c1-12(2)15-7-5-14(6-8-15)9-10-18(4)16(19)13(3)11-17/h5-8,12-13H,9-11,17H2,1-4H3. The molecule has 106 valence electrons. The van der Waals surface area contributed by atoms with Gasteiger partial charge < -0.3 is 10.6 Å². The molecule has 0 aliphatic carbocycles.